The number of phenolic OH excluding ortho intramolecular Hbond substituents is 1. The van der Waals surface area contributed by atoms with Crippen molar-refractivity contribution in [2.24, 2.45) is 4.99 Å². The lowest BCUT2D eigenvalue weighted by Crippen LogP contribution is -2.29. The average Bonchev–Trinajstić information content (AvgIpc) is 3.20. The Kier molecular flexibility index (Phi) is 14.6. The summed E-state index contributed by atoms with van der Waals surface area (Å²) in [5, 5.41) is 11.1. The Labute approximate surface area is 244 Å². The van der Waals surface area contributed by atoms with Crippen LogP contribution in [0.3, 0.4) is 0 Å². The Hall–Kier alpha value is -2.01. The zero-order valence-corrected chi connectivity index (χ0v) is 26.9. The number of aromatic nitrogens is 2. The summed E-state index contributed by atoms with van der Waals surface area (Å²) in [5.74, 6) is 0.355. The molecule has 5 nitrogen and oxygen atoms in total. The maximum Gasteiger partial charge on any atom is 0.205 e. The number of carbonyl (C=O) groups excluding carboxylic acids is 1. The predicted octanol–water partition coefficient (Wildman–Crippen LogP) is 8.74. The molecule has 6 heteroatoms. The minimum absolute atomic E-state index is 0. The number of carbonyl (C=O) groups is 1. The zero-order chi connectivity index (χ0) is 28.3. The Morgan fingerprint density at radius 1 is 0.769 bits per heavy atom. The van der Waals surface area contributed by atoms with Gasteiger partial charge in [-0.2, -0.15) is 0 Å². The molecule has 39 heavy (non-hydrogen) atoms. The molecule has 1 heterocycles. The van der Waals surface area contributed by atoms with Crippen molar-refractivity contribution in [3.8, 4) is 5.75 Å². The van der Waals surface area contributed by atoms with Gasteiger partial charge < -0.3 is 14.2 Å². The van der Waals surface area contributed by atoms with Gasteiger partial charge in [0.25, 0.3) is 0 Å². The molecule has 0 bridgehead atoms. The zero-order valence-electron chi connectivity index (χ0n) is 26.1. The quantitative estimate of drug-likeness (QED) is 0.174. The molecule has 2 aromatic rings. The van der Waals surface area contributed by atoms with Crippen LogP contribution in [-0.2, 0) is 23.9 Å². The first kappa shape index (κ1) is 35.0. The standard InChI is InChI=1S/C33H55N3O2.ClH/c1-9-11-13-15-17-19-34-31-35(20-18-16-14-12-10-2)21-22-36(31)25-29(37)26-23-27(32(3,4)5)30(38)28(24-26)33(6,7)8;/h21-24,38H,9-20,25H2,1-8H3;1H. The number of hydrogen-bond donors (Lipinski definition) is 1. The van der Waals surface area contributed by atoms with Crippen molar-refractivity contribution < 1.29 is 9.90 Å². The third-order valence-corrected chi connectivity index (χ3v) is 7.32. The number of Topliss-reactive ketones (excluding diaryl/α,β-unsaturated/α-hetero) is 1. The molecule has 0 atom stereocenters. The van der Waals surface area contributed by atoms with Crippen LogP contribution in [-0.4, -0.2) is 26.6 Å². The normalized spacial score (nSPS) is 12.6. The van der Waals surface area contributed by atoms with Crippen molar-refractivity contribution in [2.45, 2.75) is 144 Å². The van der Waals surface area contributed by atoms with Crippen LogP contribution in [0.1, 0.15) is 141 Å². The second kappa shape index (κ2) is 16.3. The van der Waals surface area contributed by atoms with E-state index in [9.17, 15) is 9.90 Å². The van der Waals surface area contributed by atoms with Gasteiger partial charge in [0.1, 0.15) is 5.75 Å². The maximum atomic E-state index is 13.7. The first-order chi connectivity index (χ1) is 17.9. The van der Waals surface area contributed by atoms with Crippen LogP contribution >= 0.6 is 12.4 Å². The van der Waals surface area contributed by atoms with Crippen LogP contribution in [0.15, 0.2) is 29.5 Å². The van der Waals surface area contributed by atoms with Gasteiger partial charge in [0, 0.05) is 42.2 Å². The van der Waals surface area contributed by atoms with Crippen LogP contribution in [0.4, 0.5) is 0 Å². The van der Waals surface area contributed by atoms with E-state index >= 15 is 0 Å². The van der Waals surface area contributed by atoms with E-state index in [-0.39, 0.29) is 35.6 Å². The summed E-state index contributed by atoms with van der Waals surface area (Å²) >= 11 is 0. The summed E-state index contributed by atoms with van der Waals surface area (Å²) < 4.78 is 4.24. The highest BCUT2D eigenvalue weighted by Crippen LogP contribution is 2.39. The Balaban J connectivity index is 0.00000760. The monoisotopic (exact) mass is 561 g/mol. The molecule has 1 N–H and O–H groups in total. The molecule has 0 radical (unpaired) electrons. The number of halogens is 1. The largest absolute Gasteiger partial charge is 0.507 e. The van der Waals surface area contributed by atoms with E-state index in [1.807, 2.05) is 22.9 Å². The minimum atomic E-state index is -0.271. The molecule has 0 spiro atoms. The van der Waals surface area contributed by atoms with Crippen LogP contribution in [0, 0.1) is 0 Å². The van der Waals surface area contributed by atoms with Crippen molar-refractivity contribution in [2.75, 3.05) is 6.54 Å². The van der Waals surface area contributed by atoms with Crippen LogP contribution in [0.5, 0.6) is 5.75 Å². The van der Waals surface area contributed by atoms with Crippen molar-refractivity contribution in [3.05, 3.63) is 46.8 Å². The maximum absolute atomic E-state index is 13.7. The first-order valence-corrected chi connectivity index (χ1v) is 15.1. The fourth-order valence-corrected chi connectivity index (χ4v) is 4.90. The summed E-state index contributed by atoms with van der Waals surface area (Å²) in [6.07, 6.45) is 16.3. The molecule has 0 aliphatic carbocycles. The third-order valence-electron chi connectivity index (χ3n) is 7.32. The molecule has 0 aliphatic rings. The van der Waals surface area contributed by atoms with Crippen molar-refractivity contribution >= 4 is 18.2 Å². The number of aromatic hydroxyl groups is 1. The molecule has 0 fully saturated rings. The number of ketones is 1. The summed E-state index contributed by atoms with van der Waals surface area (Å²) in [6, 6.07) is 3.78. The summed E-state index contributed by atoms with van der Waals surface area (Å²) in [6.45, 7) is 18.9. The Bertz CT molecular complexity index is 1050. The average molecular weight is 562 g/mol. The minimum Gasteiger partial charge on any atom is -0.507 e. The SMILES string of the molecule is CCCCCCCN=c1n(CCCCCCC)ccn1CC(=O)c1cc(C(C)(C)C)c(O)c(C(C)(C)C)c1.Cl. The van der Waals surface area contributed by atoms with E-state index in [4.69, 9.17) is 4.99 Å². The van der Waals surface area contributed by atoms with Crippen molar-refractivity contribution in [1.29, 1.82) is 0 Å². The highest BCUT2D eigenvalue weighted by Gasteiger charge is 2.28. The van der Waals surface area contributed by atoms with Gasteiger partial charge in [-0.1, -0.05) is 107 Å². The summed E-state index contributed by atoms with van der Waals surface area (Å²) in [5.41, 5.74) is 2.65. The van der Waals surface area contributed by atoms with Crippen molar-refractivity contribution in [3.63, 3.8) is 0 Å². The number of nitrogens with zero attached hydrogens (tertiary/aromatic N) is 3. The second-order valence-corrected chi connectivity index (χ2v) is 13.0. The lowest BCUT2D eigenvalue weighted by molar-refractivity contribution is 0.0970. The number of benzene rings is 1. The van der Waals surface area contributed by atoms with Gasteiger partial charge in [-0.25, -0.2) is 0 Å². The molecule has 0 unspecified atom stereocenters. The highest BCUT2D eigenvalue weighted by atomic mass is 35.5. The van der Waals surface area contributed by atoms with Gasteiger partial charge in [-0.05, 0) is 35.8 Å². The fourth-order valence-electron chi connectivity index (χ4n) is 4.90. The molecule has 1 aromatic carbocycles. The van der Waals surface area contributed by atoms with E-state index in [1.54, 1.807) is 0 Å². The third kappa shape index (κ3) is 10.8. The topological polar surface area (TPSA) is 59.5 Å². The van der Waals surface area contributed by atoms with Gasteiger partial charge in [0.05, 0.1) is 6.54 Å². The van der Waals surface area contributed by atoms with E-state index in [0.29, 0.717) is 11.3 Å². The number of imidazole rings is 1. The molecule has 0 saturated carbocycles. The molecular weight excluding hydrogens is 506 g/mol. The second-order valence-electron chi connectivity index (χ2n) is 13.0. The van der Waals surface area contributed by atoms with E-state index < -0.39 is 0 Å². The Morgan fingerprint density at radius 2 is 1.26 bits per heavy atom. The number of phenols is 1. The number of aryl methyl sites for hydroxylation is 1. The molecule has 0 amide bonds. The number of rotatable bonds is 15. The highest BCUT2D eigenvalue weighted by molar-refractivity contribution is 5.96. The lowest BCUT2D eigenvalue weighted by Gasteiger charge is -2.28. The number of unbranched alkanes of at least 4 members (excludes halogenated alkanes) is 8. The molecule has 222 valence electrons. The number of hydrogen-bond acceptors (Lipinski definition) is 3. The van der Waals surface area contributed by atoms with E-state index in [0.717, 1.165) is 42.7 Å². The van der Waals surface area contributed by atoms with Crippen LogP contribution < -0.4 is 5.62 Å². The molecule has 1 aromatic heterocycles. The van der Waals surface area contributed by atoms with Gasteiger partial charge in [0.2, 0.25) is 5.62 Å². The van der Waals surface area contributed by atoms with Gasteiger partial charge in [-0.3, -0.25) is 9.79 Å². The first-order valence-electron chi connectivity index (χ1n) is 15.1. The van der Waals surface area contributed by atoms with Crippen molar-refractivity contribution in [1.82, 2.24) is 9.13 Å². The summed E-state index contributed by atoms with van der Waals surface area (Å²) in [4.78, 5) is 18.7. The molecule has 2 rings (SSSR count). The van der Waals surface area contributed by atoms with Crippen LogP contribution in [0.25, 0.3) is 0 Å². The predicted molar refractivity (Wildman–Crippen MR) is 167 cm³/mol. The molecule has 0 aliphatic heterocycles. The summed E-state index contributed by atoms with van der Waals surface area (Å²) in [7, 11) is 0. The van der Waals surface area contributed by atoms with E-state index in [1.165, 1.54) is 51.4 Å². The fraction of sp³-hybridized carbons (Fsp3) is 0.697. The van der Waals surface area contributed by atoms with Gasteiger partial charge in [0.15, 0.2) is 5.78 Å². The van der Waals surface area contributed by atoms with Gasteiger partial charge in [-0.15, -0.1) is 12.4 Å². The Morgan fingerprint density at radius 3 is 1.77 bits per heavy atom. The molecule has 0 saturated heterocycles. The van der Waals surface area contributed by atoms with E-state index in [2.05, 4.69) is 66.2 Å². The smallest absolute Gasteiger partial charge is 0.205 e. The van der Waals surface area contributed by atoms with Crippen LogP contribution in [0.2, 0.25) is 0 Å². The van der Waals surface area contributed by atoms with Gasteiger partial charge >= 0.3 is 0 Å². The lowest BCUT2D eigenvalue weighted by atomic mass is 9.78. The molecular formula is C33H56ClN3O2.